The Morgan fingerprint density at radius 1 is 1.42 bits per heavy atom. The maximum Gasteiger partial charge on any atom is 0.338 e. The molecule has 0 amide bonds. The van der Waals surface area contributed by atoms with Gasteiger partial charge in [-0.1, -0.05) is 29.8 Å². The summed E-state index contributed by atoms with van der Waals surface area (Å²) in [5.74, 6) is -0.370. The van der Waals surface area contributed by atoms with E-state index in [0.717, 1.165) is 0 Å². The number of rotatable bonds is 4. The molecule has 1 aromatic rings. The monoisotopic (exact) mass is 368 g/mol. The van der Waals surface area contributed by atoms with Gasteiger partial charge in [0, 0.05) is 15.2 Å². The lowest BCUT2D eigenvalue weighted by molar-refractivity contribution is 0.0458. The van der Waals surface area contributed by atoms with Crippen molar-refractivity contribution < 1.29 is 17.9 Å². The van der Waals surface area contributed by atoms with Crippen LogP contribution in [-0.2, 0) is 13.8 Å². The minimum atomic E-state index is -3.91. The average molecular weight is 370 g/mol. The van der Waals surface area contributed by atoms with Crippen molar-refractivity contribution in [3.8, 4) is 0 Å². The molecule has 0 unspecified atom stereocenters. The summed E-state index contributed by atoms with van der Waals surface area (Å²) in [7, 11) is 1.43. The summed E-state index contributed by atoms with van der Waals surface area (Å²) in [5.41, 5.74) is 0.604. The van der Waals surface area contributed by atoms with E-state index in [9.17, 15) is 13.2 Å². The molecule has 0 bridgehead atoms. The number of hydrogen-bond donors (Lipinski definition) is 0. The van der Waals surface area contributed by atoms with Crippen molar-refractivity contribution in [3.05, 3.63) is 27.7 Å². The summed E-state index contributed by atoms with van der Waals surface area (Å²) in [5, 5.41) is 0. The van der Waals surface area contributed by atoms with Gasteiger partial charge in [-0.05, 0) is 30.5 Å². The number of carbonyl (C=O) groups is 1. The minimum absolute atomic E-state index is 0.0972. The van der Waals surface area contributed by atoms with Crippen LogP contribution in [0.1, 0.15) is 29.8 Å². The summed E-state index contributed by atoms with van der Waals surface area (Å²) >= 11 is 3.21. The Hall–Kier alpha value is -0.590. The smallest absolute Gasteiger partial charge is 0.338 e. The van der Waals surface area contributed by atoms with E-state index in [4.69, 9.17) is 15.4 Å². The lowest BCUT2D eigenvalue weighted by Gasteiger charge is -2.10. The summed E-state index contributed by atoms with van der Waals surface area (Å²) in [6.07, 6.45) is 0. The van der Waals surface area contributed by atoms with Crippen LogP contribution in [0.25, 0.3) is 0 Å². The van der Waals surface area contributed by atoms with E-state index >= 15 is 0 Å². The van der Waals surface area contributed by atoms with Gasteiger partial charge in [0.05, 0.1) is 17.1 Å². The first-order chi connectivity index (χ1) is 8.62. The molecule has 0 radical (unpaired) electrons. The molecule has 106 valence electrons. The van der Waals surface area contributed by atoms with Crippen LogP contribution in [0.15, 0.2) is 21.5 Å². The number of ether oxygens (including phenoxy) is 1. The van der Waals surface area contributed by atoms with E-state index in [0.29, 0.717) is 10.0 Å². The first kappa shape index (κ1) is 16.5. The molecule has 0 aliphatic carbocycles. The molecule has 0 spiro atoms. The fourth-order valence-electron chi connectivity index (χ4n) is 1.35. The van der Waals surface area contributed by atoms with Gasteiger partial charge in [0.25, 0.3) is 9.05 Å². The highest BCUT2D eigenvalue weighted by molar-refractivity contribution is 9.10. The Balaban J connectivity index is 3.18. The second-order valence-corrected chi connectivity index (χ2v) is 7.90. The van der Waals surface area contributed by atoms with Crippen LogP contribution < -0.4 is 0 Å². The van der Waals surface area contributed by atoms with Gasteiger partial charge in [-0.3, -0.25) is 0 Å². The topological polar surface area (TPSA) is 60.4 Å². The number of benzene rings is 1. The first-order valence-electron chi connectivity index (χ1n) is 5.55. The zero-order valence-electron chi connectivity index (χ0n) is 10.7. The van der Waals surface area contributed by atoms with Crippen molar-refractivity contribution in [2.24, 2.45) is 5.92 Å². The lowest BCUT2D eigenvalue weighted by Crippen LogP contribution is -2.11. The van der Waals surface area contributed by atoms with E-state index in [2.05, 4.69) is 15.9 Å². The number of hydrogen-bond acceptors (Lipinski definition) is 4. The fraction of sp³-hybridized carbons (Fsp3) is 0.417. The van der Waals surface area contributed by atoms with Crippen LogP contribution in [0.3, 0.4) is 0 Å². The van der Waals surface area contributed by atoms with Crippen LogP contribution in [0.5, 0.6) is 0 Å². The van der Waals surface area contributed by atoms with Crippen molar-refractivity contribution in [1.82, 2.24) is 0 Å². The van der Waals surface area contributed by atoms with Crippen LogP contribution >= 0.6 is 26.6 Å². The predicted molar refractivity (Wildman–Crippen MR) is 77.0 cm³/mol. The number of carbonyl (C=O) groups excluding carboxylic acids is 1. The van der Waals surface area contributed by atoms with E-state index in [1.54, 1.807) is 6.92 Å². The Labute approximate surface area is 125 Å². The van der Waals surface area contributed by atoms with Gasteiger partial charge in [0.2, 0.25) is 0 Å². The standard InChI is InChI=1S/C12H14BrClO4S/c1-7(2)6-18-12(15)9-4-10(13)8(3)11(5-9)19(14,16)17/h4-5,7H,6H2,1-3H3. The normalized spacial score (nSPS) is 11.7. The van der Waals surface area contributed by atoms with Crippen LogP contribution in [0.2, 0.25) is 0 Å². The summed E-state index contributed by atoms with van der Waals surface area (Å²) in [4.78, 5) is 11.7. The van der Waals surface area contributed by atoms with Gasteiger partial charge in [-0.15, -0.1) is 0 Å². The molecule has 7 heteroatoms. The molecule has 1 rings (SSSR count). The van der Waals surface area contributed by atoms with Crippen LogP contribution in [0.4, 0.5) is 0 Å². The Morgan fingerprint density at radius 3 is 2.47 bits per heavy atom. The molecule has 0 N–H and O–H groups in total. The van der Waals surface area contributed by atoms with Gasteiger partial charge in [0.1, 0.15) is 0 Å². The molecule has 0 atom stereocenters. The molecule has 0 heterocycles. The second-order valence-electron chi connectivity index (χ2n) is 4.51. The van der Waals surface area contributed by atoms with Gasteiger partial charge in [-0.2, -0.15) is 0 Å². The van der Waals surface area contributed by atoms with Crippen molar-refractivity contribution >= 4 is 41.6 Å². The molecule has 0 aliphatic heterocycles. The fourth-order valence-corrected chi connectivity index (χ4v) is 3.17. The largest absolute Gasteiger partial charge is 0.462 e. The van der Waals surface area contributed by atoms with E-state index in [1.807, 2.05) is 13.8 Å². The highest BCUT2D eigenvalue weighted by Crippen LogP contribution is 2.28. The molecule has 1 aromatic carbocycles. The summed E-state index contributed by atoms with van der Waals surface area (Å²) < 4.78 is 28.4. The highest BCUT2D eigenvalue weighted by atomic mass is 79.9. The average Bonchev–Trinajstić information content (AvgIpc) is 2.27. The first-order valence-corrected chi connectivity index (χ1v) is 8.65. The number of esters is 1. The SMILES string of the molecule is Cc1c(Br)cc(C(=O)OCC(C)C)cc1S(=O)(=O)Cl. The van der Waals surface area contributed by atoms with Gasteiger partial charge in [-0.25, -0.2) is 13.2 Å². The van der Waals surface area contributed by atoms with E-state index < -0.39 is 15.0 Å². The van der Waals surface area contributed by atoms with Gasteiger partial charge < -0.3 is 4.74 Å². The Kier molecular flexibility index (Phi) is 5.41. The Morgan fingerprint density at radius 2 is 2.00 bits per heavy atom. The molecular formula is C12H14BrClO4S. The quantitative estimate of drug-likeness (QED) is 0.602. The van der Waals surface area contributed by atoms with Gasteiger partial charge >= 0.3 is 5.97 Å². The van der Waals surface area contributed by atoms with Gasteiger partial charge in [0.15, 0.2) is 0 Å². The lowest BCUT2D eigenvalue weighted by atomic mass is 10.1. The molecule has 19 heavy (non-hydrogen) atoms. The van der Waals surface area contributed by atoms with Crippen LogP contribution in [-0.4, -0.2) is 21.0 Å². The van der Waals surface area contributed by atoms with Crippen LogP contribution in [0, 0.1) is 12.8 Å². The van der Waals surface area contributed by atoms with Crippen molar-refractivity contribution in [2.45, 2.75) is 25.7 Å². The van der Waals surface area contributed by atoms with Crippen molar-refractivity contribution in [3.63, 3.8) is 0 Å². The third kappa shape index (κ3) is 4.47. The third-order valence-electron chi connectivity index (χ3n) is 2.34. The molecule has 0 aromatic heterocycles. The minimum Gasteiger partial charge on any atom is -0.462 e. The predicted octanol–water partition coefficient (Wildman–Crippen LogP) is 3.50. The zero-order valence-corrected chi connectivity index (χ0v) is 13.9. The highest BCUT2D eigenvalue weighted by Gasteiger charge is 2.20. The Bertz CT molecular complexity index is 596. The maximum absolute atomic E-state index is 11.8. The maximum atomic E-state index is 11.8. The molecular weight excluding hydrogens is 356 g/mol. The third-order valence-corrected chi connectivity index (χ3v) is 4.61. The van der Waals surface area contributed by atoms with E-state index in [-0.39, 0.29) is 23.0 Å². The summed E-state index contributed by atoms with van der Waals surface area (Å²) in [6, 6.07) is 2.74. The molecule has 0 fully saturated rings. The molecule has 0 saturated carbocycles. The molecule has 0 aliphatic rings. The summed E-state index contributed by atoms with van der Waals surface area (Å²) in [6.45, 7) is 5.69. The van der Waals surface area contributed by atoms with Crippen molar-refractivity contribution in [1.29, 1.82) is 0 Å². The zero-order chi connectivity index (χ0) is 14.8. The second kappa shape index (κ2) is 6.24. The molecule has 0 saturated heterocycles. The van der Waals surface area contributed by atoms with E-state index in [1.165, 1.54) is 12.1 Å². The molecule has 4 nitrogen and oxygen atoms in total. The number of halogens is 2. The van der Waals surface area contributed by atoms with Crippen molar-refractivity contribution in [2.75, 3.05) is 6.61 Å².